The van der Waals surface area contributed by atoms with E-state index in [1.54, 1.807) is 5.57 Å². The first-order chi connectivity index (χ1) is 15.6. The molecular formula is C36H70. The Morgan fingerprint density at radius 2 is 0.917 bits per heavy atom. The van der Waals surface area contributed by atoms with Crippen LogP contribution in [0.1, 0.15) is 164 Å². The molecule has 0 heterocycles. The highest BCUT2D eigenvalue weighted by molar-refractivity contribution is 5.24. The molecule has 0 aliphatic heterocycles. The minimum absolute atomic E-state index is 0.234. The van der Waals surface area contributed by atoms with E-state index in [9.17, 15) is 0 Å². The number of hydrogen-bond donors (Lipinski definition) is 0. The van der Waals surface area contributed by atoms with Gasteiger partial charge in [0.2, 0.25) is 0 Å². The first kappa shape index (κ1) is 35.5. The van der Waals surface area contributed by atoms with Crippen molar-refractivity contribution in [1.29, 1.82) is 0 Å². The van der Waals surface area contributed by atoms with Crippen molar-refractivity contribution in [3.05, 3.63) is 22.3 Å². The van der Waals surface area contributed by atoms with Crippen molar-refractivity contribution < 1.29 is 0 Å². The molecule has 0 saturated heterocycles. The second-order valence-electron chi connectivity index (χ2n) is 17.6. The van der Waals surface area contributed by atoms with Crippen molar-refractivity contribution in [2.75, 3.05) is 0 Å². The lowest BCUT2D eigenvalue weighted by molar-refractivity contribution is 0.151. The Labute approximate surface area is 230 Å². The van der Waals surface area contributed by atoms with Crippen LogP contribution < -0.4 is 0 Å². The molecule has 0 nitrogen and oxygen atoms in total. The number of rotatable bonds is 8. The molecule has 214 valence electrons. The molecule has 1 saturated carbocycles. The van der Waals surface area contributed by atoms with Gasteiger partial charge in [-0.15, -0.1) is 0 Å². The van der Waals surface area contributed by atoms with E-state index in [1.165, 1.54) is 42.4 Å². The fourth-order valence-corrected chi connectivity index (χ4v) is 6.80. The van der Waals surface area contributed by atoms with Gasteiger partial charge in [-0.05, 0) is 98.2 Å². The zero-order valence-corrected chi connectivity index (χ0v) is 29.0. The Morgan fingerprint density at radius 3 is 1.25 bits per heavy atom. The topological polar surface area (TPSA) is 0 Å². The Morgan fingerprint density at radius 1 is 0.528 bits per heavy atom. The molecule has 0 radical (unpaired) electrons. The minimum Gasteiger partial charge on any atom is -0.0770 e. The van der Waals surface area contributed by atoms with Gasteiger partial charge in [0.15, 0.2) is 0 Å². The van der Waals surface area contributed by atoms with E-state index in [0.717, 1.165) is 11.8 Å². The summed E-state index contributed by atoms with van der Waals surface area (Å²) in [5.41, 5.74) is 8.37. The first-order valence-electron chi connectivity index (χ1n) is 15.0. The van der Waals surface area contributed by atoms with E-state index in [0.29, 0.717) is 16.2 Å². The highest BCUT2D eigenvalue weighted by atomic mass is 14.6. The molecule has 0 aromatic carbocycles. The van der Waals surface area contributed by atoms with Gasteiger partial charge in [0.25, 0.3) is 0 Å². The van der Waals surface area contributed by atoms with Crippen molar-refractivity contribution in [1.82, 2.24) is 0 Å². The van der Waals surface area contributed by atoms with Gasteiger partial charge in [-0.3, -0.25) is 0 Å². The first-order valence-corrected chi connectivity index (χ1v) is 15.0. The van der Waals surface area contributed by atoms with Crippen LogP contribution in [0.5, 0.6) is 0 Å². The molecule has 2 unspecified atom stereocenters. The predicted molar refractivity (Wildman–Crippen MR) is 168 cm³/mol. The van der Waals surface area contributed by atoms with Crippen LogP contribution in [0.4, 0.5) is 0 Å². The van der Waals surface area contributed by atoms with Gasteiger partial charge in [0, 0.05) is 0 Å². The fourth-order valence-electron chi connectivity index (χ4n) is 6.80. The lowest BCUT2D eigenvalue weighted by Crippen LogP contribution is -2.27. The molecule has 2 atom stereocenters. The summed E-state index contributed by atoms with van der Waals surface area (Å²) in [4.78, 5) is 0. The molecule has 0 aromatic rings. The minimum atomic E-state index is 0.234. The molecule has 0 amide bonds. The van der Waals surface area contributed by atoms with Crippen LogP contribution in [0.15, 0.2) is 22.3 Å². The Bertz CT molecular complexity index is 773. The van der Waals surface area contributed by atoms with Crippen LogP contribution in [0, 0.1) is 44.3 Å². The van der Waals surface area contributed by atoms with Gasteiger partial charge in [-0.25, -0.2) is 0 Å². The lowest BCUT2D eigenvalue weighted by Gasteiger charge is -2.39. The van der Waals surface area contributed by atoms with Crippen molar-refractivity contribution in [2.24, 2.45) is 44.3 Å². The maximum absolute atomic E-state index is 2.48. The maximum Gasteiger partial charge on any atom is -0.0137 e. The summed E-state index contributed by atoms with van der Waals surface area (Å²) in [7, 11) is 0. The summed E-state index contributed by atoms with van der Waals surface area (Å²) in [5, 5.41) is 0. The molecule has 36 heavy (non-hydrogen) atoms. The SMILES string of the molecule is CC(C)=C(C)C(C)(C)CC(C)(C)C(C)=C(C)C(C)(C)C.CCC(C)(C)C1CC1C(C)(C)CC(C)(C)C. The highest BCUT2D eigenvalue weighted by Crippen LogP contribution is 2.61. The van der Waals surface area contributed by atoms with Gasteiger partial charge in [-0.2, -0.15) is 0 Å². The van der Waals surface area contributed by atoms with Gasteiger partial charge < -0.3 is 0 Å². The second-order valence-corrected chi connectivity index (χ2v) is 17.6. The van der Waals surface area contributed by atoms with E-state index in [1.807, 2.05) is 0 Å². The lowest BCUT2D eigenvalue weighted by atomic mass is 9.65. The van der Waals surface area contributed by atoms with Crippen molar-refractivity contribution in [3.8, 4) is 0 Å². The fraction of sp³-hybridized carbons (Fsp3) is 0.889. The highest BCUT2D eigenvalue weighted by Gasteiger charge is 2.53. The van der Waals surface area contributed by atoms with Gasteiger partial charge in [0.1, 0.15) is 0 Å². The monoisotopic (exact) mass is 503 g/mol. The molecule has 1 aliphatic rings. The smallest absolute Gasteiger partial charge is 0.0137 e. The molecule has 0 N–H and O–H groups in total. The number of hydrogen-bond acceptors (Lipinski definition) is 0. The molecular weight excluding hydrogens is 432 g/mol. The Balaban J connectivity index is 0.000000696. The van der Waals surface area contributed by atoms with Crippen LogP contribution >= 0.6 is 0 Å². The molecule has 1 aliphatic carbocycles. The summed E-state index contributed by atoms with van der Waals surface area (Å²) in [6.07, 6.45) is 5.32. The average molecular weight is 503 g/mol. The van der Waals surface area contributed by atoms with Crippen LogP contribution in [0.2, 0.25) is 0 Å². The van der Waals surface area contributed by atoms with Crippen molar-refractivity contribution in [2.45, 2.75) is 164 Å². The Kier molecular flexibility index (Phi) is 11.5. The predicted octanol–water partition coefficient (Wildman–Crippen LogP) is 12.7. The summed E-state index contributed by atoms with van der Waals surface area (Å²) in [6, 6.07) is 0. The van der Waals surface area contributed by atoms with E-state index in [-0.39, 0.29) is 16.2 Å². The zero-order chi connectivity index (χ0) is 29.3. The van der Waals surface area contributed by atoms with Crippen molar-refractivity contribution >= 4 is 0 Å². The molecule has 1 rings (SSSR count). The normalized spacial score (nSPS) is 20.3. The average Bonchev–Trinajstić information content (AvgIpc) is 3.45. The molecule has 0 heteroatoms. The van der Waals surface area contributed by atoms with Gasteiger partial charge in [0.05, 0.1) is 0 Å². The Hall–Kier alpha value is -0.520. The quantitative estimate of drug-likeness (QED) is 0.289. The summed E-state index contributed by atoms with van der Waals surface area (Å²) in [5.74, 6) is 1.93. The third-order valence-electron chi connectivity index (χ3n) is 10.0. The van der Waals surface area contributed by atoms with E-state index >= 15 is 0 Å². The van der Waals surface area contributed by atoms with Crippen LogP contribution in [-0.4, -0.2) is 0 Å². The summed E-state index contributed by atoms with van der Waals surface area (Å²) in [6.45, 7) is 47.2. The van der Waals surface area contributed by atoms with E-state index in [2.05, 4.69) is 138 Å². The molecule has 1 fully saturated rings. The van der Waals surface area contributed by atoms with Gasteiger partial charge >= 0.3 is 0 Å². The summed E-state index contributed by atoms with van der Waals surface area (Å²) >= 11 is 0. The van der Waals surface area contributed by atoms with Crippen LogP contribution in [0.3, 0.4) is 0 Å². The molecule has 0 spiro atoms. The summed E-state index contributed by atoms with van der Waals surface area (Å²) < 4.78 is 0. The van der Waals surface area contributed by atoms with E-state index < -0.39 is 0 Å². The van der Waals surface area contributed by atoms with E-state index in [4.69, 9.17) is 0 Å². The van der Waals surface area contributed by atoms with Crippen LogP contribution in [-0.2, 0) is 0 Å². The zero-order valence-electron chi connectivity index (χ0n) is 29.0. The van der Waals surface area contributed by atoms with Crippen LogP contribution in [0.25, 0.3) is 0 Å². The van der Waals surface area contributed by atoms with Crippen molar-refractivity contribution in [3.63, 3.8) is 0 Å². The third-order valence-corrected chi connectivity index (χ3v) is 10.0. The van der Waals surface area contributed by atoms with Gasteiger partial charge in [-0.1, -0.05) is 133 Å². The number of allylic oxidation sites excluding steroid dienone is 4. The maximum atomic E-state index is 2.48. The second kappa shape index (κ2) is 11.7. The molecule has 0 bridgehead atoms. The molecule has 0 aromatic heterocycles. The standard InChI is InChI=1S/C20H38.C16H32/c1-14(2)15(3)19(9,10)13-20(11,12)17(5)16(4)18(6,7)8;1-9-15(5,6)12-10-13(12)16(7,8)11-14(2,3)4/h13H2,1-12H3;12-13H,9-11H2,1-8H3. The largest absolute Gasteiger partial charge is 0.0770 e. The third kappa shape index (κ3) is 10.3.